The van der Waals surface area contributed by atoms with E-state index in [-0.39, 0.29) is 23.1 Å². The number of amides is 2. The van der Waals surface area contributed by atoms with Gasteiger partial charge in [0.1, 0.15) is 0 Å². The van der Waals surface area contributed by atoms with Gasteiger partial charge in [-0.15, -0.1) is 0 Å². The van der Waals surface area contributed by atoms with Crippen LogP contribution in [0.3, 0.4) is 0 Å². The molecule has 2 amide bonds. The van der Waals surface area contributed by atoms with E-state index in [1.807, 2.05) is 31.2 Å². The Balaban J connectivity index is 1.58. The summed E-state index contributed by atoms with van der Waals surface area (Å²) in [6, 6.07) is 13.6. The molecule has 0 saturated carbocycles. The first-order chi connectivity index (χ1) is 13.0. The Bertz CT molecular complexity index is 853. The average molecular weight is 366 g/mol. The van der Waals surface area contributed by atoms with Gasteiger partial charge in [-0.3, -0.25) is 9.59 Å². The molecule has 0 spiro atoms. The van der Waals surface area contributed by atoms with Gasteiger partial charge in [0.2, 0.25) is 0 Å². The molecule has 2 aromatic carbocycles. The number of carboxylic acids is 1. The Morgan fingerprint density at radius 3 is 2.15 bits per heavy atom. The van der Waals surface area contributed by atoms with Gasteiger partial charge < -0.3 is 15.3 Å². The summed E-state index contributed by atoms with van der Waals surface area (Å²) in [5.41, 5.74) is 1.92. The van der Waals surface area contributed by atoms with Crippen LogP contribution in [0.2, 0.25) is 0 Å². The molecule has 0 atom stereocenters. The van der Waals surface area contributed by atoms with E-state index in [0.717, 1.165) is 5.56 Å². The van der Waals surface area contributed by atoms with E-state index in [1.54, 1.807) is 17.0 Å². The largest absolute Gasteiger partial charge is 0.478 e. The van der Waals surface area contributed by atoms with Crippen LogP contribution >= 0.6 is 0 Å². The molecule has 1 heterocycles. The minimum absolute atomic E-state index is 0.00370. The van der Waals surface area contributed by atoms with Gasteiger partial charge in [-0.1, -0.05) is 29.8 Å². The molecule has 6 nitrogen and oxygen atoms in total. The predicted molar refractivity (Wildman–Crippen MR) is 101 cm³/mol. The Kier molecular flexibility index (Phi) is 5.54. The van der Waals surface area contributed by atoms with Crippen LogP contribution in [-0.2, 0) is 0 Å². The lowest BCUT2D eigenvalue weighted by atomic mass is 10.0. The minimum Gasteiger partial charge on any atom is -0.478 e. The first-order valence-corrected chi connectivity index (χ1v) is 8.95. The highest BCUT2D eigenvalue weighted by Crippen LogP contribution is 2.16. The summed E-state index contributed by atoms with van der Waals surface area (Å²) in [6.07, 6.45) is 1.27. The number of carbonyl (C=O) groups excluding carboxylic acids is 2. The van der Waals surface area contributed by atoms with Crippen molar-refractivity contribution in [1.29, 1.82) is 0 Å². The van der Waals surface area contributed by atoms with E-state index in [0.29, 0.717) is 31.5 Å². The Hall–Kier alpha value is -3.15. The number of aryl methyl sites for hydroxylation is 1. The van der Waals surface area contributed by atoms with Gasteiger partial charge in [0.15, 0.2) is 0 Å². The van der Waals surface area contributed by atoms with E-state index >= 15 is 0 Å². The first kappa shape index (κ1) is 18.6. The maximum atomic E-state index is 12.6. The zero-order chi connectivity index (χ0) is 19.4. The Labute approximate surface area is 157 Å². The van der Waals surface area contributed by atoms with Gasteiger partial charge in [0, 0.05) is 24.7 Å². The molecule has 0 unspecified atom stereocenters. The van der Waals surface area contributed by atoms with Gasteiger partial charge in [0.25, 0.3) is 11.8 Å². The first-order valence-electron chi connectivity index (χ1n) is 8.95. The fraction of sp³-hybridized carbons (Fsp3) is 0.286. The molecule has 1 fully saturated rings. The minimum atomic E-state index is -1.13. The lowest BCUT2D eigenvalue weighted by molar-refractivity contribution is 0.0675. The van der Waals surface area contributed by atoms with Crippen molar-refractivity contribution in [2.24, 2.45) is 0 Å². The van der Waals surface area contributed by atoms with Crippen molar-refractivity contribution >= 4 is 17.8 Å². The van der Waals surface area contributed by atoms with Crippen LogP contribution < -0.4 is 5.32 Å². The number of nitrogens with one attached hydrogen (secondary N) is 1. The van der Waals surface area contributed by atoms with Crippen LogP contribution in [0.15, 0.2) is 48.5 Å². The number of hydrogen-bond donors (Lipinski definition) is 2. The van der Waals surface area contributed by atoms with Crippen molar-refractivity contribution in [2.45, 2.75) is 25.8 Å². The van der Waals surface area contributed by atoms with Crippen LogP contribution in [0, 0.1) is 6.92 Å². The summed E-state index contributed by atoms with van der Waals surface area (Å²) in [4.78, 5) is 38.1. The number of hydrogen-bond acceptors (Lipinski definition) is 3. The van der Waals surface area contributed by atoms with Crippen LogP contribution in [0.5, 0.6) is 0 Å². The van der Waals surface area contributed by atoms with Gasteiger partial charge in [-0.2, -0.15) is 0 Å². The van der Waals surface area contributed by atoms with Gasteiger partial charge in [-0.05, 0) is 44.0 Å². The number of nitrogens with zero attached hydrogens (tertiary/aromatic N) is 1. The summed E-state index contributed by atoms with van der Waals surface area (Å²) >= 11 is 0. The average Bonchev–Trinajstić information content (AvgIpc) is 2.68. The molecule has 140 valence electrons. The third-order valence-corrected chi connectivity index (χ3v) is 4.82. The molecule has 1 saturated heterocycles. The van der Waals surface area contributed by atoms with Crippen molar-refractivity contribution in [3.05, 3.63) is 70.8 Å². The van der Waals surface area contributed by atoms with Crippen molar-refractivity contribution in [1.82, 2.24) is 10.2 Å². The second-order valence-electron chi connectivity index (χ2n) is 6.76. The zero-order valence-electron chi connectivity index (χ0n) is 15.1. The van der Waals surface area contributed by atoms with Crippen molar-refractivity contribution in [2.75, 3.05) is 13.1 Å². The lowest BCUT2D eigenvalue weighted by Gasteiger charge is -2.32. The normalized spacial score (nSPS) is 14.6. The molecule has 1 aliphatic rings. The highest BCUT2D eigenvalue weighted by atomic mass is 16.4. The van der Waals surface area contributed by atoms with Gasteiger partial charge >= 0.3 is 5.97 Å². The second kappa shape index (κ2) is 8.03. The molecule has 2 N–H and O–H groups in total. The van der Waals surface area contributed by atoms with Crippen molar-refractivity contribution in [3.8, 4) is 0 Å². The fourth-order valence-electron chi connectivity index (χ4n) is 3.24. The van der Waals surface area contributed by atoms with Crippen LogP contribution in [0.25, 0.3) is 0 Å². The van der Waals surface area contributed by atoms with Crippen LogP contribution in [0.4, 0.5) is 0 Å². The van der Waals surface area contributed by atoms with Crippen LogP contribution in [0.1, 0.15) is 49.5 Å². The summed E-state index contributed by atoms with van der Waals surface area (Å²) in [6.45, 7) is 3.08. The van der Waals surface area contributed by atoms with Crippen molar-refractivity contribution in [3.63, 3.8) is 0 Å². The number of rotatable bonds is 4. The summed E-state index contributed by atoms with van der Waals surface area (Å²) in [5, 5.41) is 12.1. The second-order valence-corrected chi connectivity index (χ2v) is 6.76. The molecular formula is C21H22N2O4. The number of carbonyl (C=O) groups is 3. The van der Waals surface area contributed by atoms with Gasteiger partial charge in [0.05, 0.1) is 11.1 Å². The Morgan fingerprint density at radius 1 is 0.963 bits per heavy atom. The lowest BCUT2D eigenvalue weighted by Crippen LogP contribution is -2.46. The number of piperidine rings is 1. The summed E-state index contributed by atoms with van der Waals surface area (Å²) < 4.78 is 0. The number of carboxylic acid groups (broad SMARTS) is 1. The van der Waals surface area contributed by atoms with E-state index in [4.69, 9.17) is 0 Å². The molecule has 3 rings (SSSR count). The molecule has 27 heavy (non-hydrogen) atoms. The van der Waals surface area contributed by atoms with Crippen molar-refractivity contribution < 1.29 is 19.5 Å². The highest BCUT2D eigenvalue weighted by Gasteiger charge is 2.26. The molecule has 6 heteroatoms. The molecule has 0 aromatic heterocycles. The smallest absolute Gasteiger partial charge is 0.336 e. The zero-order valence-corrected chi connectivity index (χ0v) is 15.1. The quantitative estimate of drug-likeness (QED) is 0.871. The molecule has 1 aliphatic heterocycles. The van der Waals surface area contributed by atoms with Crippen LogP contribution in [-0.4, -0.2) is 46.9 Å². The maximum Gasteiger partial charge on any atom is 0.336 e. The molecule has 0 bridgehead atoms. The Morgan fingerprint density at radius 2 is 1.56 bits per heavy atom. The van der Waals surface area contributed by atoms with E-state index in [1.165, 1.54) is 12.1 Å². The predicted octanol–water partition coefficient (Wildman–Crippen LogP) is 2.73. The monoisotopic (exact) mass is 366 g/mol. The molecule has 2 aromatic rings. The van der Waals surface area contributed by atoms with E-state index in [2.05, 4.69) is 5.32 Å². The number of benzene rings is 2. The number of likely N-dealkylation sites (tertiary alicyclic amines) is 1. The maximum absolute atomic E-state index is 12.6. The summed E-state index contributed by atoms with van der Waals surface area (Å²) in [7, 11) is 0. The highest BCUT2D eigenvalue weighted by molar-refractivity contribution is 6.04. The summed E-state index contributed by atoms with van der Waals surface area (Å²) in [5.74, 6) is -1.52. The molecule has 0 aliphatic carbocycles. The SMILES string of the molecule is Cc1ccc(C(=O)N2CCC(NC(=O)c3ccccc3C(=O)O)CC2)cc1. The molecule has 0 radical (unpaired) electrons. The number of aromatic carboxylic acids is 1. The van der Waals surface area contributed by atoms with Gasteiger partial charge in [-0.25, -0.2) is 4.79 Å². The topological polar surface area (TPSA) is 86.7 Å². The third kappa shape index (κ3) is 4.34. The fourth-order valence-corrected chi connectivity index (χ4v) is 3.24. The van der Waals surface area contributed by atoms with E-state index in [9.17, 15) is 19.5 Å². The molecular weight excluding hydrogens is 344 g/mol. The standard InChI is InChI=1S/C21H22N2O4/c1-14-6-8-15(9-7-14)20(25)23-12-10-16(11-13-23)22-19(24)17-4-2-3-5-18(17)21(26)27/h2-9,16H,10-13H2,1H3,(H,22,24)(H,26,27). The third-order valence-electron chi connectivity index (χ3n) is 4.82. The van der Waals surface area contributed by atoms with E-state index < -0.39 is 11.9 Å².